The van der Waals surface area contributed by atoms with Gasteiger partial charge in [-0.3, -0.25) is 4.79 Å². The number of nitrogens with one attached hydrogen (secondary N) is 1. The van der Waals surface area contributed by atoms with Crippen molar-refractivity contribution in [3.8, 4) is 23.0 Å². The average Bonchev–Trinajstić information content (AvgIpc) is 3.28. The standard InChI is InChI=1S/C24H22N2O4/c1-15(2)30-23-11-10-16(28-3)13-20(23)26-24(27)18-14-21(22-9-6-12-29-22)25-19-8-5-4-7-17(18)19/h4-15H,1-3H3,(H,26,27). The number of anilines is 1. The first-order chi connectivity index (χ1) is 14.5. The van der Waals surface area contributed by atoms with E-state index in [9.17, 15) is 4.79 Å². The molecule has 1 N–H and O–H groups in total. The lowest BCUT2D eigenvalue weighted by Crippen LogP contribution is -2.15. The highest BCUT2D eigenvalue weighted by molar-refractivity contribution is 6.13. The number of furan rings is 1. The Balaban J connectivity index is 1.77. The van der Waals surface area contributed by atoms with Crippen molar-refractivity contribution in [1.29, 1.82) is 0 Å². The Kier molecular flexibility index (Phi) is 5.39. The van der Waals surface area contributed by atoms with E-state index in [1.807, 2.05) is 44.2 Å². The number of methoxy groups -OCH3 is 1. The number of fused-ring (bicyclic) bond motifs is 1. The molecule has 0 aliphatic rings. The number of hydrogen-bond acceptors (Lipinski definition) is 5. The average molecular weight is 402 g/mol. The van der Waals surface area contributed by atoms with Crippen molar-refractivity contribution in [2.24, 2.45) is 0 Å². The van der Waals surface area contributed by atoms with E-state index in [2.05, 4.69) is 10.3 Å². The van der Waals surface area contributed by atoms with Gasteiger partial charge in [-0.25, -0.2) is 4.98 Å². The molecule has 0 spiro atoms. The third kappa shape index (κ3) is 3.98. The maximum atomic E-state index is 13.3. The van der Waals surface area contributed by atoms with Crippen LogP contribution in [0.5, 0.6) is 11.5 Å². The van der Waals surface area contributed by atoms with Crippen LogP contribution in [0.2, 0.25) is 0 Å². The molecular weight excluding hydrogens is 380 g/mol. The van der Waals surface area contributed by atoms with Gasteiger partial charge in [0.1, 0.15) is 17.2 Å². The molecule has 6 nitrogen and oxygen atoms in total. The van der Waals surface area contributed by atoms with Crippen LogP contribution in [0.1, 0.15) is 24.2 Å². The number of amides is 1. The summed E-state index contributed by atoms with van der Waals surface area (Å²) in [5.41, 5.74) is 2.33. The fourth-order valence-corrected chi connectivity index (χ4v) is 3.19. The van der Waals surface area contributed by atoms with Crippen LogP contribution in [0.4, 0.5) is 5.69 Å². The highest BCUT2D eigenvalue weighted by Gasteiger charge is 2.17. The summed E-state index contributed by atoms with van der Waals surface area (Å²) in [7, 11) is 1.58. The molecule has 0 fully saturated rings. The van der Waals surface area contributed by atoms with E-state index in [-0.39, 0.29) is 12.0 Å². The van der Waals surface area contributed by atoms with Crippen molar-refractivity contribution in [1.82, 2.24) is 4.98 Å². The summed E-state index contributed by atoms with van der Waals surface area (Å²) in [4.78, 5) is 18.0. The first-order valence-electron chi connectivity index (χ1n) is 9.65. The zero-order chi connectivity index (χ0) is 21.1. The van der Waals surface area contributed by atoms with Gasteiger partial charge >= 0.3 is 0 Å². The number of hydrogen-bond donors (Lipinski definition) is 1. The molecule has 0 radical (unpaired) electrons. The summed E-state index contributed by atoms with van der Waals surface area (Å²) in [5.74, 6) is 1.52. The van der Waals surface area contributed by atoms with E-state index < -0.39 is 0 Å². The van der Waals surface area contributed by atoms with Gasteiger partial charge in [-0.15, -0.1) is 0 Å². The predicted molar refractivity (Wildman–Crippen MR) is 116 cm³/mol. The van der Waals surface area contributed by atoms with Gasteiger partial charge in [-0.1, -0.05) is 18.2 Å². The van der Waals surface area contributed by atoms with Crippen molar-refractivity contribution in [3.63, 3.8) is 0 Å². The van der Waals surface area contributed by atoms with Crippen LogP contribution < -0.4 is 14.8 Å². The number of ether oxygens (including phenoxy) is 2. The van der Waals surface area contributed by atoms with Gasteiger partial charge in [-0.2, -0.15) is 0 Å². The summed E-state index contributed by atoms with van der Waals surface area (Å²) >= 11 is 0. The van der Waals surface area contributed by atoms with Crippen LogP contribution >= 0.6 is 0 Å². The molecule has 6 heteroatoms. The fraction of sp³-hybridized carbons (Fsp3) is 0.167. The van der Waals surface area contributed by atoms with Crippen molar-refractivity contribution in [2.45, 2.75) is 20.0 Å². The van der Waals surface area contributed by atoms with Crippen LogP contribution in [0.15, 0.2) is 71.3 Å². The lowest BCUT2D eigenvalue weighted by atomic mass is 10.1. The lowest BCUT2D eigenvalue weighted by Gasteiger charge is -2.16. The van der Waals surface area contributed by atoms with E-state index in [0.717, 1.165) is 5.39 Å². The number of rotatable bonds is 6. The van der Waals surface area contributed by atoms with Crippen LogP contribution in [0, 0.1) is 0 Å². The molecule has 152 valence electrons. The largest absolute Gasteiger partial charge is 0.497 e. The third-order valence-electron chi connectivity index (χ3n) is 4.53. The SMILES string of the molecule is COc1ccc(OC(C)C)c(NC(=O)c2cc(-c3ccco3)nc3ccccc23)c1. The highest BCUT2D eigenvalue weighted by atomic mass is 16.5. The molecule has 0 saturated heterocycles. The number of aromatic nitrogens is 1. The minimum atomic E-state index is -0.275. The highest BCUT2D eigenvalue weighted by Crippen LogP contribution is 2.32. The molecule has 0 aliphatic carbocycles. The van der Waals surface area contributed by atoms with Gasteiger partial charge in [0.15, 0.2) is 5.76 Å². The van der Waals surface area contributed by atoms with Crippen molar-refractivity contribution >= 4 is 22.5 Å². The molecule has 4 aromatic rings. The van der Waals surface area contributed by atoms with Crippen molar-refractivity contribution in [3.05, 3.63) is 72.5 Å². The molecule has 4 rings (SSSR count). The second-order valence-corrected chi connectivity index (χ2v) is 7.03. The van der Waals surface area contributed by atoms with Gasteiger partial charge in [0.2, 0.25) is 0 Å². The molecule has 2 heterocycles. The summed E-state index contributed by atoms with van der Waals surface area (Å²) in [6.07, 6.45) is 1.54. The Hall–Kier alpha value is -3.80. The maximum absolute atomic E-state index is 13.3. The van der Waals surface area contributed by atoms with Gasteiger partial charge in [-0.05, 0) is 50.2 Å². The molecule has 1 amide bonds. The fourth-order valence-electron chi connectivity index (χ4n) is 3.19. The van der Waals surface area contributed by atoms with E-state index in [4.69, 9.17) is 13.9 Å². The normalized spacial score (nSPS) is 10.9. The topological polar surface area (TPSA) is 73.6 Å². The molecule has 2 aromatic carbocycles. The van der Waals surface area contributed by atoms with Gasteiger partial charge in [0.25, 0.3) is 5.91 Å². The summed E-state index contributed by atoms with van der Waals surface area (Å²) in [5, 5.41) is 3.72. The van der Waals surface area contributed by atoms with E-state index in [1.54, 1.807) is 43.7 Å². The van der Waals surface area contributed by atoms with Crippen molar-refractivity contribution < 1.29 is 18.7 Å². The van der Waals surface area contributed by atoms with Crippen LogP contribution in [0.3, 0.4) is 0 Å². The van der Waals surface area contributed by atoms with E-state index in [0.29, 0.717) is 39.7 Å². The van der Waals surface area contributed by atoms with Gasteiger partial charge < -0.3 is 19.2 Å². The molecule has 0 saturated carbocycles. The molecule has 0 bridgehead atoms. The maximum Gasteiger partial charge on any atom is 0.256 e. The number of carbonyl (C=O) groups is 1. The molecule has 0 aliphatic heterocycles. The number of benzene rings is 2. The first-order valence-corrected chi connectivity index (χ1v) is 9.65. The molecule has 30 heavy (non-hydrogen) atoms. The number of para-hydroxylation sites is 1. The third-order valence-corrected chi connectivity index (χ3v) is 4.53. The zero-order valence-electron chi connectivity index (χ0n) is 17.0. The Bertz CT molecular complexity index is 1180. The van der Waals surface area contributed by atoms with E-state index in [1.165, 1.54) is 0 Å². The number of carbonyl (C=O) groups excluding carboxylic acids is 1. The predicted octanol–water partition coefficient (Wildman–Crippen LogP) is 5.54. The minimum Gasteiger partial charge on any atom is -0.497 e. The smallest absolute Gasteiger partial charge is 0.256 e. The Morgan fingerprint density at radius 1 is 1.07 bits per heavy atom. The molecule has 0 atom stereocenters. The molecule has 0 unspecified atom stereocenters. The Morgan fingerprint density at radius 2 is 1.90 bits per heavy atom. The van der Waals surface area contributed by atoms with Crippen LogP contribution in [-0.2, 0) is 0 Å². The molecular formula is C24H22N2O4. The summed E-state index contributed by atoms with van der Waals surface area (Å²) < 4.78 is 16.6. The summed E-state index contributed by atoms with van der Waals surface area (Å²) in [6, 6.07) is 18.2. The lowest BCUT2D eigenvalue weighted by molar-refractivity contribution is 0.102. The van der Waals surface area contributed by atoms with Crippen LogP contribution in [0.25, 0.3) is 22.4 Å². The first kappa shape index (κ1) is 19.5. The van der Waals surface area contributed by atoms with Crippen LogP contribution in [-0.4, -0.2) is 24.1 Å². The second-order valence-electron chi connectivity index (χ2n) is 7.03. The van der Waals surface area contributed by atoms with Crippen molar-refractivity contribution in [2.75, 3.05) is 12.4 Å². The minimum absolute atomic E-state index is 0.0404. The quantitative estimate of drug-likeness (QED) is 0.458. The number of nitrogens with zero attached hydrogens (tertiary/aromatic N) is 1. The monoisotopic (exact) mass is 402 g/mol. The van der Waals surface area contributed by atoms with Gasteiger partial charge in [0.05, 0.1) is 36.2 Å². The number of pyridine rings is 1. The Morgan fingerprint density at radius 3 is 2.63 bits per heavy atom. The summed E-state index contributed by atoms with van der Waals surface area (Å²) in [6.45, 7) is 3.86. The van der Waals surface area contributed by atoms with E-state index >= 15 is 0 Å². The second kappa shape index (κ2) is 8.29. The Labute approximate surface area is 174 Å². The zero-order valence-corrected chi connectivity index (χ0v) is 17.0. The molecule has 2 aromatic heterocycles. The van der Waals surface area contributed by atoms with Gasteiger partial charge in [0, 0.05) is 11.5 Å².